The second kappa shape index (κ2) is 13.3. The highest BCUT2D eigenvalue weighted by Crippen LogP contribution is 2.20. The molecule has 1 amide bonds. The number of hydrogen-bond donors (Lipinski definition) is 1. The molecule has 0 bridgehead atoms. The van der Waals surface area contributed by atoms with E-state index in [1.54, 1.807) is 0 Å². The number of nitrogens with zero attached hydrogens (tertiary/aromatic N) is 2. The van der Waals surface area contributed by atoms with Crippen molar-refractivity contribution < 1.29 is 42.9 Å². The van der Waals surface area contributed by atoms with Crippen LogP contribution in [0.3, 0.4) is 0 Å². The van der Waals surface area contributed by atoms with Crippen molar-refractivity contribution in [3.8, 4) is 0 Å². The molecular weight excluding hydrogens is 442 g/mol. The van der Waals surface area contributed by atoms with Crippen molar-refractivity contribution in [3.63, 3.8) is 0 Å². The lowest BCUT2D eigenvalue weighted by Gasteiger charge is -2.14. The monoisotopic (exact) mass is 469 g/mol. The summed E-state index contributed by atoms with van der Waals surface area (Å²) >= 11 is 0. The van der Waals surface area contributed by atoms with E-state index in [0.717, 1.165) is 0 Å². The van der Waals surface area contributed by atoms with Gasteiger partial charge in [-0.05, 0) is 18.9 Å². The molecule has 0 spiro atoms. The number of carbonyl (C=O) groups is 4. The Hall–Kier alpha value is -3.32. The van der Waals surface area contributed by atoms with Gasteiger partial charge in [-0.15, -0.1) is 0 Å². The van der Waals surface area contributed by atoms with Crippen molar-refractivity contribution in [2.45, 2.75) is 51.0 Å². The van der Waals surface area contributed by atoms with Crippen LogP contribution in [0.2, 0.25) is 0 Å². The van der Waals surface area contributed by atoms with Crippen LogP contribution < -0.4 is 11.0 Å². The average Bonchev–Trinajstić information content (AvgIpc) is 3.26. The first-order valence-electron chi connectivity index (χ1n) is 10.3. The molecule has 33 heavy (non-hydrogen) atoms. The van der Waals surface area contributed by atoms with E-state index in [1.165, 1.54) is 31.0 Å². The van der Waals surface area contributed by atoms with Crippen LogP contribution in [0, 0.1) is 0 Å². The fraction of sp³-hybridized carbons (Fsp3) is 0.600. The highest BCUT2D eigenvalue weighted by molar-refractivity contribution is 5.89. The number of ether oxygens (including phenoxy) is 5. The van der Waals surface area contributed by atoms with Gasteiger partial charge in [0.2, 0.25) is 5.91 Å². The zero-order chi connectivity index (χ0) is 24.2. The van der Waals surface area contributed by atoms with Crippen molar-refractivity contribution in [2.75, 3.05) is 32.8 Å². The Morgan fingerprint density at radius 3 is 2.33 bits per heavy atom. The quantitative estimate of drug-likeness (QED) is 0.331. The van der Waals surface area contributed by atoms with Crippen molar-refractivity contribution >= 4 is 29.6 Å². The SMILES string of the molecule is COC(=O)CCCC(=O)Nc1ccn([C@@H]2CO[C@H](COC(=O)CCCC(=O)OC)O2)c(=O)n1. The summed E-state index contributed by atoms with van der Waals surface area (Å²) in [6, 6.07) is 1.43. The van der Waals surface area contributed by atoms with Gasteiger partial charge in [0.25, 0.3) is 0 Å². The molecule has 2 atom stereocenters. The van der Waals surface area contributed by atoms with Crippen molar-refractivity contribution in [2.24, 2.45) is 0 Å². The summed E-state index contributed by atoms with van der Waals surface area (Å²) in [5, 5.41) is 2.49. The second-order valence-electron chi connectivity index (χ2n) is 6.95. The normalized spacial score (nSPS) is 17.3. The van der Waals surface area contributed by atoms with Gasteiger partial charge in [0.05, 0.1) is 20.8 Å². The topological polar surface area (TPSA) is 161 Å². The third kappa shape index (κ3) is 8.98. The van der Waals surface area contributed by atoms with E-state index in [-0.39, 0.29) is 44.7 Å². The summed E-state index contributed by atoms with van der Waals surface area (Å²) in [5.41, 5.74) is -0.670. The Balaban J connectivity index is 1.76. The molecule has 13 nitrogen and oxygen atoms in total. The van der Waals surface area contributed by atoms with Gasteiger partial charge in [0.15, 0.2) is 12.5 Å². The van der Waals surface area contributed by atoms with Gasteiger partial charge in [-0.1, -0.05) is 0 Å². The highest BCUT2D eigenvalue weighted by Gasteiger charge is 2.29. The summed E-state index contributed by atoms with van der Waals surface area (Å²) in [4.78, 5) is 61.8. The molecule has 0 radical (unpaired) electrons. The van der Waals surface area contributed by atoms with Crippen LogP contribution in [0.4, 0.5) is 5.82 Å². The minimum Gasteiger partial charge on any atom is -0.469 e. The molecule has 13 heteroatoms. The minimum absolute atomic E-state index is 0.0331. The largest absolute Gasteiger partial charge is 0.469 e. The van der Waals surface area contributed by atoms with Crippen LogP contribution in [0.25, 0.3) is 0 Å². The van der Waals surface area contributed by atoms with E-state index < -0.39 is 42.0 Å². The van der Waals surface area contributed by atoms with E-state index in [1.807, 2.05) is 0 Å². The molecule has 0 aliphatic carbocycles. The van der Waals surface area contributed by atoms with Gasteiger partial charge >= 0.3 is 23.6 Å². The molecule has 1 aliphatic rings. The summed E-state index contributed by atoms with van der Waals surface area (Å²) in [6.45, 7) is -0.138. The third-order valence-corrected chi connectivity index (χ3v) is 4.52. The Labute approximate surface area is 189 Å². The van der Waals surface area contributed by atoms with Gasteiger partial charge in [0, 0.05) is 31.9 Å². The molecular formula is C20H27N3O10. The van der Waals surface area contributed by atoms with Gasteiger partial charge < -0.3 is 29.0 Å². The smallest absolute Gasteiger partial charge is 0.351 e. The van der Waals surface area contributed by atoms with Crippen LogP contribution in [0.15, 0.2) is 17.1 Å². The molecule has 182 valence electrons. The number of anilines is 1. The zero-order valence-corrected chi connectivity index (χ0v) is 18.4. The van der Waals surface area contributed by atoms with Crippen LogP contribution in [-0.2, 0) is 42.9 Å². The summed E-state index contributed by atoms with van der Waals surface area (Å²) in [6.07, 6.45) is 0.710. The number of carbonyl (C=O) groups excluding carboxylic acids is 4. The zero-order valence-electron chi connectivity index (χ0n) is 18.4. The van der Waals surface area contributed by atoms with Crippen molar-refractivity contribution in [1.82, 2.24) is 9.55 Å². The maximum Gasteiger partial charge on any atom is 0.351 e. The van der Waals surface area contributed by atoms with E-state index >= 15 is 0 Å². The van der Waals surface area contributed by atoms with Gasteiger partial charge in [0.1, 0.15) is 12.4 Å². The lowest BCUT2D eigenvalue weighted by Crippen LogP contribution is -2.29. The standard InChI is InChI=1S/C20H27N3O10/c1-29-16(25)6-3-5-14(24)21-13-9-10-23(20(28)22-13)15-11-32-19(33-15)12-31-18(27)8-4-7-17(26)30-2/h9-10,15,19H,3-8,11-12H2,1-2H3,(H,21,22,24,28)/t15-,19-/m0/s1. The molecule has 1 aromatic rings. The van der Waals surface area contributed by atoms with Crippen molar-refractivity contribution in [3.05, 3.63) is 22.7 Å². The van der Waals surface area contributed by atoms with Crippen LogP contribution in [-0.4, -0.2) is 67.1 Å². The maximum atomic E-state index is 12.3. The van der Waals surface area contributed by atoms with Gasteiger partial charge in [-0.25, -0.2) is 4.79 Å². The predicted octanol–water partition coefficient (Wildman–Crippen LogP) is 0.283. The number of methoxy groups -OCH3 is 2. The first kappa shape index (κ1) is 25.9. The van der Waals surface area contributed by atoms with Gasteiger partial charge in [-0.2, -0.15) is 4.98 Å². The average molecular weight is 469 g/mol. The van der Waals surface area contributed by atoms with Crippen LogP contribution in [0.5, 0.6) is 0 Å². The third-order valence-electron chi connectivity index (χ3n) is 4.52. The molecule has 0 unspecified atom stereocenters. The number of amides is 1. The number of esters is 3. The first-order chi connectivity index (χ1) is 15.8. The van der Waals surface area contributed by atoms with E-state index in [9.17, 15) is 24.0 Å². The molecule has 1 fully saturated rings. The summed E-state index contributed by atoms with van der Waals surface area (Å²) in [7, 11) is 2.54. The second-order valence-corrected chi connectivity index (χ2v) is 6.95. The number of rotatable bonds is 12. The minimum atomic E-state index is -0.861. The number of hydrogen-bond acceptors (Lipinski definition) is 11. The Bertz CT molecular complexity index is 900. The van der Waals surface area contributed by atoms with Crippen LogP contribution in [0.1, 0.15) is 44.8 Å². The molecule has 2 rings (SSSR count). The molecule has 1 aliphatic heterocycles. The highest BCUT2D eigenvalue weighted by atomic mass is 16.7. The Kier molecular flexibility index (Phi) is 10.4. The van der Waals surface area contributed by atoms with E-state index in [0.29, 0.717) is 12.8 Å². The molecule has 0 saturated carbocycles. The Morgan fingerprint density at radius 2 is 1.70 bits per heavy atom. The molecule has 1 saturated heterocycles. The Morgan fingerprint density at radius 1 is 1.06 bits per heavy atom. The van der Waals surface area contributed by atoms with Gasteiger partial charge in [-0.3, -0.25) is 23.7 Å². The van der Waals surface area contributed by atoms with Crippen LogP contribution >= 0.6 is 0 Å². The number of aromatic nitrogens is 2. The first-order valence-corrected chi connectivity index (χ1v) is 10.3. The molecule has 1 N–H and O–H groups in total. The predicted molar refractivity (Wildman–Crippen MR) is 110 cm³/mol. The summed E-state index contributed by atoms with van der Waals surface area (Å²) < 4.78 is 26.2. The lowest BCUT2D eigenvalue weighted by molar-refractivity contribution is -0.159. The maximum absolute atomic E-state index is 12.3. The molecule has 0 aromatic carbocycles. The van der Waals surface area contributed by atoms with E-state index in [2.05, 4.69) is 19.8 Å². The van der Waals surface area contributed by atoms with E-state index in [4.69, 9.17) is 14.2 Å². The summed E-state index contributed by atoms with van der Waals surface area (Å²) in [5.74, 6) is -1.65. The fourth-order valence-corrected chi connectivity index (χ4v) is 2.79. The fourth-order valence-electron chi connectivity index (χ4n) is 2.79. The number of nitrogens with one attached hydrogen (secondary N) is 1. The lowest BCUT2D eigenvalue weighted by atomic mass is 10.2. The van der Waals surface area contributed by atoms with Crippen molar-refractivity contribution in [1.29, 1.82) is 0 Å². The molecule has 2 heterocycles. The molecule has 1 aromatic heterocycles.